The Kier molecular flexibility index (Phi) is 8.52. The second-order valence-corrected chi connectivity index (χ2v) is 4.81. The van der Waals surface area contributed by atoms with E-state index in [-0.39, 0.29) is 25.1 Å². The molecule has 0 saturated carbocycles. The Labute approximate surface area is 113 Å². The smallest absolute Gasteiger partial charge is 0.242 e. The van der Waals surface area contributed by atoms with Crippen LogP contribution in [0, 0.1) is 5.92 Å². The lowest BCUT2D eigenvalue weighted by atomic mass is 10.0. The molecule has 0 aliphatic heterocycles. The van der Waals surface area contributed by atoms with Crippen molar-refractivity contribution in [3.63, 3.8) is 0 Å². The third-order valence-corrected chi connectivity index (χ3v) is 2.44. The summed E-state index contributed by atoms with van der Waals surface area (Å²) >= 11 is 0. The molecule has 2 atom stereocenters. The van der Waals surface area contributed by atoms with Crippen LogP contribution in [0.2, 0.25) is 0 Å². The van der Waals surface area contributed by atoms with E-state index in [9.17, 15) is 14.4 Å². The van der Waals surface area contributed by atoms with Gasteiger partial charge in [-0.3, -0.25) is 14.4 Å². The maximum Gasteiger partial charge on any atom is 0.242 e. The fourth-order valence-electron chi connectivity index (χ4n) is 1.57. The first-order chi connectivity index (χ1) is 8.90. The van der Waals surface area contributed by atoms with Gasteiger partial charge in [0.15, 0.2) is 0 Å². The summed E-state index contributed by atoms with van der Waals surface area (Å²) in [4.78, 5) is 33.1. The van der Waals surface area contributed by atoms with E-state index in [0.29, 0.717) is 18.7 Å². The lowest BCUT2D eigenvalue weighted by molar-refractivity contribution is -0.129. The lowest BCUT2D eigenvalue weighted by Crippen LogP contribution is -2.50. The minimum atomic E-state index is -0.720. The molecule has 0 rings (SSSR count). The number of aliphatic hydroxyl groups excluding tert-OH is 1. The Bertz CT molecular complexity index is 307. The van der Waals surface area contributed by atoms with Crippen molar-refractivity contribution in [3.8, 4) is 0 Å². The number of aliphatic hydroxyl groups is 1. The van der Waals surface area contributed by atoms with Crippen molar-refractivity contribution < 1.29 is 19.5 Å². The van der Waals surface area contributed by atoms with Gasteiger partial charge in [0.1, 0.15) is 6.04 Å². The molecule has 0 aromatic carbocycles. The predicted octanol–water partition coefficient (Wildman–Crippen LogP) is -1.24. The molecule has 0 aromatic rings. The Balaban J connectivity index is 4.17. The van der Waals surface area contributed by atoms with E-state index in [0.717, 1.165) is 0 Å². The molecule has 0 heterocycles. The molecule has 0 aliphatic rings. The van der Waals surface area contributed by atoms with Crippen LogP contribution < -0.4 is 16.0 Å². The zero-order chi connectivity index (χ0) is 14.8. The third-order valence-electron chi connectivity index (χ3n) is 2.44. The van der Waals surface area contributed by atoms with Crippen LogP contribution >= 0.6 is 0 Å². The first-order valence-electron chi connectivity index (χ1n) is 6.28. The van der Waals surface area contributed by atoms with Crippen molar-refractivity contribution in [2.24, 2.45) is 5.92 Å². The van der Waals surface area contributed by atoms with Gasteiger partial charge in [-0.15, -0.1) is 0 Å². The van der Waals surface area contributed by atoms with Crippen LogP contribution in [0.25, 0.3) is 0 Å². The Morgan fingerprint density at radius 1 is 1.21 bits per heavy atom. The van der Waals surface area contributed by atoms with Gasteiger partial charge in [0.05, 0.1) is 19.2 Å². The summed E-state index contributed by atoms with van der Waals surface area (Å²) in [6.45, 7) is 5.21. The van der Waals surface area contributed by atoms with Crippen LogP contribution in [0.15, 0.2) is 0 Å². The second kappa shape index (κ2) is 9.32. The van der Waals surface area contributed by atoms with Crippen LogP contribution in [0.4, 0.5) is 0 Å². The Hall–Kier alpha value is -1.63. The minimum absolute atomic E-state index is 0.142. The summed E-state index contributed by atoms with van der Waals surface area (Å²) in [7, 11) is 0. The highest BCUT2D eigenvalue weighted by atomic mass is 16.3. The van der Waals surface area contributed by atoms with E-state index < -0.39 is 11.9 Å². The van der Waals surface area contributed by atoms with E-state index in [2.05, 4.69) is 16.0 Å². The summed E-state index contributed by atoms with van der Waals surface area (Å²) in [6, 6.07) is -1.04. The van der Waals surface area contributed by atoms with Crippen molar-refractivity contribution >= 4 is 18.2 Å². The van der Waals surface area contributed by atoms with Crippen LogP contribution in [0.1, 0.15) is 27.2 Å². The number of hydrogen-bond donors (Lipinski definition) is 4. The molecule has 3 amide bonds. The quantitative estimate of drug-likeness (QED) is 0.394. The molecule has 110 valence electrons. The van der Waals surface area contributed by atoms with Crippen LogP contribution in [-0.2, 0) is 14.4 Å². The molecule has 0 aliphatic carbocycles. The van der Waals surface area contributed by atoms with Gasteiger partial charge in [-0.25, -0.2) is 0 Å². The fraction of sp³-hybridized carbons (Fsp3) is 0.750. The number of hydrogen-bond acceptors (Lipinski definition) is 4. The number of rotatable bonds is 9. The number of carbonyl (C=O) groups excluding carboxylic acids is 3. The predicted molar refractivity (Wildman–Crippen MR) is 70.1 cm³/mol. The minimum Gasteiger partial charge on any atom is -0.394 e. The highest BCUT2D eigenvalue weighted by Crippen LogP contribution is 2.04. The Morgan fingerprint density at radius 2 is 1.84 bits per heavy atom. The topological polar surface area (TPSA) is 108 Å². The van der Waals surface area contributed by atoms with Gasteiger partial charge >= 0.3 is 0 Å². The van der Waals surface area contributed by atoms with Gasteiger partial charge in [0.2, 0.25) is 18.2 Å². The van der Waals surface area contributed by atoms with Crippen LogP contribution in [0.3, 0.4) is 0 Å². The normalized spacial score (nSPS) is 13.5. The maximum absolute atomic E-state index is 11.8. The van der Waals surface area contributed by atoms with Gasteiger partial charge < -0.3 is 21.1 Å². The average Bonchev–Trinajstić information content (AvgIpc) is 2.34. The lowest BCUT2D eigenvalue weighted by Gasteiger charge is -2.21. The highest BCUT2D eigenvalue weighted by molar-refractivity contribution is 5.88. The SMILES string of the molecule is CC(C)CC(CO)NC(=O)[C@H](C)NC(=O)CNC=O. The molecular weight excluding hydrogens is 250 g/mol. The summed E-state index contributed by atoms with van der Waals surface area (Å²) in [5.41, 5.74) is 0. The first-order valence-corrected chi connectivity index (χ1v) is 6.28. The molecule has 7 heteroatoms. The summed E-state index contributed by atoms with van der Waals surface area (Å²) < 4.78 is 0. The van der Waals surface area contributed by atoms with Crippen molar-refractivity contribution in [2.45, 2.75) is 39.3 Å². The molecule has 0 spiro atoms. The number of carbonyl (C=O) groups is 3. The summed E-state index contributed by atoms with van der Waals surface area (Å²) in [5.74, 6) is -0.461. The maximum atomic E-state index is 11.8. The third kappa shape index (κ3) is 8.15. The van der Waals surface area contributed by atoms with Gasteiger partial charge in [-0.05, 0) is 19.3 Å². The number of amides is 3. The van der Waals surface area contributed by atoms with E-state index in [1.807, 2.05) is 13.8 Å². The van der Waals surface area contributed by atoms with Crippen molar-refractivity contribution in [2.75, 3.05) is 13.2 Å². The monoisotopic (exact) mass is 273 g/mol. The van der Waals surface area contributed by atoms with Crippen molar-refractivity contribution in [3.05, 3.63) is 0 Å². The van der Waals surface area contributed by atoms with Crippen LogP contribution in [-0.4, -0.2) is 48.6 Å². The van der Waals surface area contributed by atoms with E-state index in [1.54, 1.807) is 0 Å². The zero-order valence-electron chi connectivity index (χ0n) is 11.6. The average molecular weight is 273 g/mol. The van der Waals surface area contributed by atoms with Gasteiger partial charge in [-0.2, -0.15) is 0 Å². The molecule has 19 heavy (non-hydrogen) atoms. The van der Waals surface area contributed by atoms with E-state index in [1.165, 1.54) is 6.92 Å². The standard InChI is InChI=1S/C12H23N3O4/c1-8(2)4-10(6-16)15-12(19)9(3)14-11(18)5-13-7-17/h7-10,16H,4-6H2,1-3H3,(H,13,17)(H,14,18)(H,15,19)/t9-,10?/m0/s1. The van der Waals surface area contributed by atoms with E-state index in [4.69, 9.17) is 5.11 Å². The highest BCUT2D eigenvalue weighted by Gasteiger charge is 2.19. The largest absolute Gasteiger partial charge is 0.394 e. The molecule has 1 unspecified atom stereocenters. The molecule has 0 radical (unpaired) electrons. The van der Waals surface area contributed by atoms with Gasteiger partial charge in [0, 0.05) is 0 Å². The van der Waals surface area contributed by atoms with E-state index >= 15 is 0 Å². The summed E-state index contributed by atoms with van der Waals surface area (Å²) in [6.07, 6.45) is 1.07. The fourth-order valence-corrected chi connectivity index (χ4v) is 1.57. The first kappa shape index (κ1) is 17.4. The van der Waals surface area contributed by atoms with Crippen molar-refractivity contribution in [1.29, 1.82) is 0 Å². The molecule has 4 N–H and O–H groups in total. The molecular formula is C12H23N3O4. The molecule has 7 nitrogen and oxygen atoms in total. The zero-order valence-corrected chi connectivity index (χ0v) is 11.6. The molecule has 0 bridgehead atoms. The van der Waals surface area contributed by atoms with Crippen LogP contribution in [0.5, 0.6) is 0 Å². The van der Waals surface area contributed by atoms with Crippen molar-refractivity contribution in [1.82, 2.24) is 16.0 Å². The van der Waals surface area contributed by atoms with Gasteiger partial charge in [0.25, 0.3) is 0 Å². The summed E-state index contributed by atoms with van der Waals surface area (Å²) in [5, 5.41) is 16.5. The molecule has 0 aromatic heterocycles. The van der Waals surface area contributed by atoms with Gasteiger partial charge in [-0.1, -0.05) is 13.8 Å². The number of nitrogens with one attached hydrogen (secondary N) is 3. The second-order valence-electron chi connectivity index (χ2n) is 4.81. The molecule has 0 saturated heterocycles. The Morgan fingerprint density at radius 3 is 2.32 bits per heavy atom. The molecule has 0 fully saturated rings.